The Kier molecular flexibility index (Phi) is 6.10. The van der Waals surface area contributed by atoms with Crippen molar-refractivity contribution < 1.29 is 4.74 Å². The van der Waals surface area contributed by atoms with Gasteiger partial charge in [0.15, 0.2) is 5.75 Å². The van der Waals surface area contributed by atoms with E-state index in [1.165, 1.54) is 4.90 Å². The van der Waals surface area contributed by atoms with E-state index in [-0.39, 0.29) is 6.04 Å². The van der Waals surface area contributed by atoms with Crippen LogP contribution in [0.2, 0.25) is 0 Å². The lowest BCUT2D eigenvalue weighted by molar-refractivity contribution is 0.397. The first-order chi connectivity index (χ1) is 10.2. The van der Waals surface area contributed by atoms with Gasteiger partial charge in [-0.3, -0.25) is 16.0 Å². The number of hydrogen-bond donors (Lipinski definition) is 2. The Morgan fingerprint density at radius 3 is 2.86 bits per heavy atom. The molecule has 0 aliphatic carbocycles. The molecule has 2 rings (SSSR count). The van der Waals surface area contributed by atoms with E-state index in [2.05, 4.69) is 32.5 Å². The molecule has 0 saturated carbocycles. The Bertz CT molecular complexity index is 569. The van der Waals surface area contributed by atoms with Crippen molar-refractivity contribution in [3.8, 4) is 5.75 Å². The predicted octanol–water partition coefficient (Wildman–Crippen LogP) is 2.97. The Labute approximate surface area is 137 Å². The minimum Gasteiger partial charge on any atom is -0.493 e. The summed E-state index contributed by atoms with van der Waals surface area (Å²) in [4.78, 5) is 1.18. The Morgan fingerprint density at radius 1 is 1.48 bits per heavy atom. The molecule has 0 aliphatic heterocycles. The van der Waals surface area contributed by atoms with Gasteiger partial charge in [0.05, 0.1) is 25.0 Å². The molecule has 0 fully saturated rings. The zero-order valence-electron chi connectivity index (χ0n) is 12.0. The number of thioether (sulfide) groups is 1. The second-order valence-electron chi connectivity index (χ2n) is 4.37. The fraction of sp³-hybridized carbons (Fsp3) is 0.357. The molecule has 1 aromatic heterocycles. The maximum absolute atomic E-state index is 5.74. The largest absolute Gasteiger partial charge is 0.493 e. The van der Waals surface area contributed by atoms with Gasteiger partial charge in [0, 0.05) is 21.7 Å². The quantitative estimate of drug-likeness (QED) is 0.445. The zero-order chi connectivity index (χ0) is 15.2. The van der Waals surface area contributed by atoms with E-state index in [1.807, 2.05) is 29.8 Å². The summed E-state index contributed by atoms with van der Waals surface area (Å²) in [6.45, 7) is 2.82. The molecule has 0 amide bonds. The van der Waals surface area contributed by atoms with E-state index in [9.17, 15) is 0 Å². The number of nitrogens with two attached hydrogens (primary N) is 1. The highest BCUT2D eigenvalue weighted by Crippen LogP contribution is 2.32. The standard InChI is InChI=1S/C14H19BrN4OS/c1-3-19-14(12(20-2)8-17-19)11(18-16)9-21-13-7-5-4-6-10(13)15/h4-8,11,18H,3,9,16H2,1-2H3. The number of halogens is 1. The van der Waals surface area contributed by atoms with Crippen LogP contribution in [0.3, 0.4) is 0 Å². The molecular formula is C14H19BrN4OS. The highest BCUT2D eigenvalue weighted by molar-refractivity contribution is 9.10. The van der Waals surface area contributed by atoms with Crippen molar-refractivity contribution in [2.24, 2.45) is 5.84 Å². The summed E-state index contributed by atoms with van der Waals surface area (Å²) in [5.41, 5.74) is 3.84. The second-order valence-corrected chi connectivity index (χ2v) is 6.29. The minimum absolute atomic E-state index is 0.0421. The van der Waals surface area contributed by atoms with Gasteiger partial charge in [-0.25, -0.2) is 0 Å². The molecule has 0 aliphatic rings. The number of nitrogens with zero attached hydrogens (tertiary/aromatic N) is 2. The van der Waals surface area contributed by atoms with Crippen molar-refractivity contribution in [3.63, 3.8) is 0 Å². The number of ether oxygens (including phenoxy) is 1. The van der Waals surface area contributed by atoms with Crippen molar-refractivity contribution in [2.45, 2.75) is 24.4 Å². The summed E-state index contributed by atoms with van der Waals surface area (Å²) in [7, 11) is 1.65. The predicted molar refractivity (Wildman–Crippen MR) is 89.4 cm³/mol. The van der Waals surface area contributed by atoms with Crippen molar-refractivity contribution in [1.29, 1.82) is 0 Å². The summed E-state index contributed by atoms with van der Waals surface area (Å²) in [6, 6.07) is 8.09. The number of methoxy groups -OCH3 is 1. The highest BCUT2D eigenvalue weighted by atomic mass is 79.9. The van der Waals surface area contributed by atoms with Crippen LogP contribution in [-0.2, 0) is 6.54 Å². The lowest BCUT2D eigenvalue weighted by Gasteiger charge is -2.18. The molecule has 1 atom stereocenters. The smallest absolute Gasteiger partial charge is 0.161 e. The third-order valence-electron chi connectivity index (χ3n) is 3.14. The van der Waals surface area contributed by atoms with Gasteiger partial charge < -0.3 is 4.74 Å². The number of nitrogens with one attached hydrogen (secondary N) is 1. The molecule has 0 bridgehead atoms. The molecule has 7 heteroatoms. The topological polar surface area (TPSA) is 65.1 Å². The summed E-state index contributed by atoms with van der Waals surface area (Å²) < 4.78 is 8.38. The number of hydrazine groups is 1. The van der Waals surface area contributed by atoms with Gasteiger partial charge in [-0.05, 0) is 35.0 Å². The lowest BCUT2D eigenvalue weighted by atomic mass is 10.2. The Balaban J connectivity index is 2.17. The third kappa shape index (κ3) is 3.79. The fourth-order valence-corrected chi connectivity index (χ4v) is 3.69. The summed E-state index contributed by atoms with van der Waals surface area (Å²) in [5.74, 6) is 7.28. The second kappa shape index (κ2) is 7.84. The number of hydrogen-bond acceptors (Lipinski definition) is 5. The number of aryl methyl sites for hydroxylation is 1. The van der Waals surface area contributed by atoms with Crippen LogP contribution in [0.25, 0.3) is 0 Å². The van der Waals surface area contributed by atoms with E-state index in [0.29, 0.717) is 0 Å². The van der Waals surface area contributed by atoms with E-state index < -0.39 is 0 Å². The van der Waals surface area contributed by atoms with E-state index in [4.69, 9.17) is 10.6 Å². The van der Waals surface area contributed by atoms with Gasteiger partial charge >= 0.3 is 0 Å². The van der Waals surface area contributed by atoms with Crippen LogP contribution < -0.4 is 16.0 Å². The van der Waals surface area contributed by atoms with Gasteiger partial charge in [-0.1, -0.05) is 12.1 Å². The van der Waals surface area contributed by atoms with Gasteiger partial charge in [-0.15, -0.1) is 11.8 Å². The SMILES string of the molecule is CCn1ncc(OC)c1C(CSc1ccccc1Br)NN. The maximum atomic E-state index is 5.74. The van der Waals surface area contributed by atoms with Gasteiger partial charge in [0.1, 0.15) is 0 Å². The average molecular weight is 371 g/mol. The first-order valence-corrected chi connectivity index (χ1v) is 8.42. The molecule has 3 N–H and O–H groups in total. The lowest BCUT2D eigenvalue weighted by Crippen LogP contribution is -2.31. The highest BCUT2D eigenvalue weighted by Gasteiger charge is 2.21. The van der Waals surface area contributed by atoms with Crippen LogP contribution in [-0.4, -0.2) is 22.6 Å². The molecule has 0 radical (unpaired) electrons. The molecule has 21 heavy (non-hydrogen) atoms. The molecule has 5 nitrogen and oxygen atoms in total. The van der Waals surface area contributed by atoms with Crippen molar-refractivity contribution in [2.75, 3.05) is 12.9 Å². The van der Waals surface area contributed by atoms with E-state index in [1.54, 1.807) is 25.1 Å². The molecule has 1 heterocycles. The van der Waals surface area contributed by atoms with Gasteiger partial charge in [-0.2, -0.15) is 5.10 Å². The normalized spacial score (nSPS) is 12.4. The fourth-order valence-electron chi connectivity index (χ4n) is 2.08. The first kappa shape index (κ1) is 16.4. The van der Waals surface area contributed by atoms with Crippen LogP contribution >= 0.6 is 27.7 Å². The Morgan fingerprint density at radius 2 is 2.24 bits per heavy atom. The molecule has 114 valence electrons. The molecule has 0 spiro atoms. The molecular weight excluding hydrogens is 352 g/mol. The van der Waals surface area contributed by atoms with Crippen molar-refractivity contribution in [3.05, 3.63) is 40.6 Å². The minimum atomic E-state index is -0.0421. The number of benzene rings is 1. The monoisotopic (exact) mass is 370 g/mol. The van der Waals surface area contributed by atoms with Crippen LogP contribution in [0.15, 0.2) is 39.8 Å². The van der Waals surface area contributed by atoms with Gasteiger partial charge in [0.2, 0.25) is 0 Å². The molecule has 1 unspecified atom stereocenters. The van der Waals surface area contributed by atoms with E-state index >= 15 is 0 Å². The summed E-state index contributed by atoms with van der Waals surface area (Å²) >= 11 is 5.29. The zero-order valence-corrected chi connectivity index (χ0v) is 14.4. The van der Waals surface area contributed by atoms with Crippen molar-refractivity contribution >= 4 is 27.7 Å². The van der Waals surface area contributed by atoms with E-state index in [0.717, 1.165) is 28.2 Å². The van der Waals surface area contributed by atoms with Crippen LogP contribution in [0.4, 0.5) is 0 Å². The maximum Gasteiger partial charge on any atom is 0.161 e. The first-order valence-electron chi connectivity index (χ1n) is 6.64. The number of rotatable bonds is 7. The van der Waals surface area contributed by atoms with Crippen LogP contribution in [0, 0.1) is 0 Å². The summed E-state index contributed by atoms with van der Waals surface area (Å²) in [6.07, 6.45) is 1.73. The van der Waals surface area contributed by atoms with Gasteiger partial charge in [0.25, 0.3) is 0 Å². The van der Waals surface area contributed by atoms with Crippen LogP contribution in [0.5, 0.6) is 5.75 Å². The van der Waals surface area contributed by atoms with Crippen LogP contribution in [0.1, 0.15) is 18.7 Å². The summed E-state index contributed by atoms with van der Waals surface area (Å²) in [5, 5.41) is 4.32. The molecule has 0 saturated heterocycles. The Hall–Kier alpha value is -1.02. The average Bonchev–Trinajstić information content (AvgIpc) is 2.92. The molecule has 1 aromatic carbocycles. The molecule has 2 aromatic rings. The number of aromatic nitrogens is 2. The van der Waals surface area contributed by atoms with Crippen molar-refractivity contribution in [1.82, 2.24) is 15.2 Å². The third-order valence-corrected chi connectivity index (χ3v) is 5.26.